The second-order valence-corrected chi connectivity index (χ2v) is 7.44. The third-order valence-electron chi connectivity index (χ3n) is 4.69. The van der Waals surface area contributed by atoms with E-state index in [4.69, 9.17) is 9.47 Å². The molecule has 1 heterocycles. The van der Waals surface area contributed by atoms with E-state index in [9.17, 15) is 9.90 Å². The molecule has 6 nitrogen and oxygen atoms in total. The molecular weight excluding hydrogens is 332 g/mol. The number of aromatic amines is 1. The van der Waals surface area contributed by atoms with Gasteiger partial charge in [0.2, 0.25) is 0 Å². The van der Waals surface area contributed by atoms with Gasteiger partial charge in [0, 0.05) is 26.2 Å². The van der Waals surface area contributed by atoms with E-state index in [1.165, 1.54) is 19.3 Å². The maximum Gasteiger partial charge on any atom is 0.354 e. The van der Waals surface area contributed by atoms with Crippen LogP contribution in [-0.4, -0.2) is 42.4 Å². The number of nitrogens with one attached hydrogen (secondary N) is 1. The van der Waals surface area contributed by atoms with Gasteiger partial charge in [-0.1, -0.05) is 6.42 Å². The maximum atomic E-state index is 11.7. The van der Waals surface area contributed by atoms with Gasteiger partial charge in [-0.05, 0) is 39.5 Å². The van der Waals surface area contributed by atoms with Crippen LogP contribution in [0.3, 0.4) is 0 Å². The molecule has 0 unspecified atom stereocenters. The highest BCUT2D eigenvalue weighted by molar-refractivity contribution is 6.08. The molecule has 0 radical (unpaired) electrons. The third-order valence-corrected chi connectivity index (χ3v) is 4.69. The smallest absolute Gasteiger partial charge is 0.354 e. The van der Waals surface area contributed by atoms with Crippen molar-refractivity contribution in [2.75, 3.05) is 19.0 Å². The van der Waals surface area contributed by atoms with E-state index in [2.05, 4.69) is 4.98 Å². The number of hydrogen-bond donors (Lipinski definition) is 2. The second kappa shape index (κ2) is 7.48. The predicted molar refractivity (Wildman–Crippen MR) is 103 cm³/mol. The molecule has 1 aliphatic carbocycles. The molecular formula is C20H28N2O4. The molecule has 3 rings (SSSR count). The Hall–Kier alpha value is -2.37. The monoisotopic (exact) mass is 360 g/mol. The lowest BCUT2D eigenvalue weighted by Gasteiger charge is -2.24. The number of benzene rings is 1. The number of aromatic nitrogens is 1. The summed E-state index contributed by atoms with van der Waals surface area (Å²) in [6, 6.07) is 3.78. The number of ether oxygens (including phenoxy) is 2. The summed E-state index contributed by atoms with van der Waals surface area (Å²) in [4.78, 5) is 16.5. The fraction of sp³-hybridized carbons (Fsp3) is 0.550. The number of carboxylic acid groups (broad SMARTS) is 1. The van der Waals surface area contributed by atoms with Crippen LogP contribution in [-0.2, 0) is 0 Å². The number of aromatic carboxylic acids is 1. The van der Waals surface area contributed by atoms with E-state index in [-0.39, 0.29) is 17.9 Å². The Morgan fingerprint density at radius 1 is 1.23 bits per heavy atom. The molecule has 1 aromatic heterocycles. The molecule has 0 aliphatic heterocycles. The summed E-state index contributed by atoms with van der Waals surface area (Å²) < 4.78 is 12.2. The summed E-state index contributed by atoms with van der Waals surface area (Å²) in [6.07, 6.45) is 5.97. The Bertz CT molecular complexity index is 789. The lowest BCUT2D eigenvalue weighted by molar-refractivity contribution is 0.0692. The van der Waals surface area contributed by atoms with Gasteiger partial charge in [0.15, 0.2) is 0 Å². The number of nitrogens with zero attached hydrogens (tertiary/aromatic N) is 1. The van der Waals surface area contributed by atoms with Crippen LogP contribution in [0, 0.1) is 0 Å². The van der Waals surface area contributed by atoms with Crippen molar-refractivity contribution in [1.82, 2.24) is 4.98 Å². The average Bonchev–Trinajstić information content (AvgIpc) is 2.95. The Balaban J connectivity index is 2.10. The number of anilines is 1. The van der Waals surface area contributed by atoms with Crippen molar-refractivity contribution >= 4 is 22.6 Å². The highest BCUT2D eigenvalue weighted by Crippen LogP contribution is 2.41. The van der Waals surface area contributed by atoms with E-state index in [0.29, 0.717) is 11.4 Å². The van der Waals surface area contributed by atoms with E-state index in [0.717, 1.165) is 29.5 Å². The third kappa shape index (κ3) is 3.74. The molecule has 1 aromatic carbocycles. The predicted octanol–water partition coefficient (Wildman–Crippen LogP) is 4.43. The molecule has 2 N–H and O–H groups in total. The molecule has 2 aromatic rings. The van der Waals surface area contributed by atoms with E-state index in [1.807, 2.05) is 40.1 Å². The molecule has 142 valence electrons. The van der Waals surface area contributed by atoms with Gasteiger partial charge in [0.1, 0.15) is 17.2 Å². The normalized spacial score (nSPS) is 15.4. The first-order valence-corrected chi connectivity index (χ1v) is 9.30. The molecule has 0 spiro atoms. The molecule has 6 heteroatoms. The molecule has 26 heavy (non-hydrogen) atoms. The van der Waals surface area contributed by atoms with Gasteiger partial charge in [-0.15, -0.1) is 0 Å². The highest BCUT2D eigenvalue weighted by atomic mass is 16.5. The topological polar surface area (TPSA) is 74.8 Å². The van der Waals surface area contributed by atoms with Crippen molar-refractivity contribution in [1.29, 1.82) is 0 Å². The van der Waals surface area contributed by atoms with Crippen LogP contribution in [0.5, 0.6) is 11.5 Å². The van der Waals surface area contributed by atoms with E-state index >= 15 is 0 Å². The Morgan fingerprint density at radius 2 is 1.92 bits per heavy atom. The van der Waals surface area contributed by atoms with Gasteiger partial charge in [-0.25, -0.2) is 4.79 Å². The SMILES string of the molecule is CC(C)Oc1cc(OC2CCCCC2)cc2[nH]c(C(=O)O)c(N(C)C)c12. The second-order valence-electron chi connectivity index (χ2n) is 7.44. The highest BCUT2D eigenvalue weighted by Gasteiger charge is 2.24. The molecule has 1 aliphatic rings. The first kappa shape index (κ1) is 18.4. The lowest BCUT2D eigenvalue weighted by atomic mass is 9.98. The fourth-order valence-electron chi connectivity index (χ4n) is 3.64. The number of H-pyrrole nitrogens is 1. The van der Waals surface area contributed by atoms with Crippen molar-refractivity contribution in [2.45, 2.75) is 58.2 Å². The summed E-state index contributed by atoms with van der Waals surface area (Å²) in [5, 5.41) is 10.4. The molecule has 1 fully saturated rings. The van der Waals surface area contributed by atoms with Crippen molar-refractivity contribution in [3.63, 3.8) is 0 Å². The van der Waals surface area contributed by atoms with Gasteiger partial charge < -0.3 is 24.5 Å². The summed E-state index contributed by atoms with van der Waals surface area (Å²) in [6.45, 7) is 3.92. The zero-order chi connectivity index (χ0) is 18.8. The number of hydrogen-bond acceptors (Lipinski definition) is 4. The van der Waals surface area contributed by atoms with Crippen LogP contribution in [0.25, 0.3) is 10.9 Å². The summed E-state index contributed by atoms with van der Waals surface area (Å²) in [5.41, 5.74) is 1.50. The van der Waals surface area contributed by atoms with Gasteiger partial charge >= 0.3 is 5.97 Å². The lowest BCUT2D eigenvalue weighted by Crippen LogP contribution is -2.19. The van der Waals surface area contributed by atoms with Crippen LogP contribution in [0.4, 0.5) is 5.69 Å². The standard InChI is InChI=1S/C20H28N2O4/c1-12(2)25-16-11-14(26-13-8-6-5-7-9-13)10-15-17(16)19(22(3)4)18(21-15)20(23)24/h10-13,21H,5-9H2,1-4H3,(H,23,24). The van der Waals surface area contributed by atoms with Crippen LogP contribution < -0.4 is 14.4 Å². The Morgan fingerprint density at radius 3 is 2.50 bits per heavy atom. The van der Waals surface area contributed by atoms with Gasteiger partial charge in [-0.3, -0.25) is 0 Å². The van der Waals surface area contributed by atoms with Gasteiger partial charge in [-0.2, -0.15) is 0 Å². The average molecular weight is 360 g/mol. The molecule has 0 atom stereocenters. The Kier molecular flexibility index (Phi) is 5.30. The summed E-state index contributed by atoms with van der Waals surface area (Å²) in [7, 11) is 3.67. The summed E-state index contributed by atoms with van der Waals surface area (Å²) >= 11 is 0. The van der Waals surface area contributed by atoms with Crippen LogP contribution >= 0.6 is 0 Å². The molecule has 0 amide bonds. The first-order chi connectivity index (χ1) is 12.4. The minimum atomic E-state index is -0.991. The van der Waals surface area contributed by atoms with Crippen molar-refractivity contribution in [2.24, 2.45) is 0 Å². The van der Waals surface area contributed by atoms with Crippen molar-refractivity contribution < 1.29 is 19.4 Å². The zero-order valence-corrected chi connectivity index (χ0v) is 16.0. The minimum Gasteiger partial charge on any atom is -0.490 e. The number of rotatable bonds is 6. The minimum absolute atomic E-state index is 0.0266. The first-order valence-electron chi connectivity index (χ1n) is 9.30. The number of fused-ring (bicyclic) bond motifs is 1. The van der Waals surface area contributed by atoms with Crippen LogP contribution in [0.15, 0.2) is 12.1 Å². The van der Waals surface area contributed by atoms with Gasteiger partial charge in [0.05, 0.1) is 28.8 Å². The molecule has 0 bridgehead atoms. The summed E-state index contributed by atoms with van der Waals surface area (Å²) in [5.74, 6) is 0.384. The van der Waals surface area contributed by atoms with Crippen LogP contribution in [0.2, 0.25) is 0 Å². The number of carboxylic acids is 1. The maximum absolute atomic E-state index is 11.7. The van der Waals surface area contributed by atoms with Crippen LogP contribution in [0.1, 0.15) is 56.4 Å². The van der Waals surface area contributed by atoms with Crippen molar-refractivity contribution in [3.05, 3.63) is 17.8 Å². The fourth-order valence-corrected chi connectivity index (χ4v) is 3.64. The quantitative estimate of drug-likeness (QED) is 0.797. The van der Waals surface area contributed by atoms with E-state index in [1.54, 1.807) is 4.90 Å². The van der Waals surface area contributed by atoms with Gasteiger partial charge in [0.25, 0.3) is 0 Å². The van der Waals surface area contributed by atoms with Crippen molar-refractivity contribution in [3.8, 4) is 11.5 Å². The number of carbonyl (C=O) groups is 1. The Labute approximate surface area is 154 Å². The largest absolute Gasteiger partial charge is 0.490 e. The molecule has 0 saturated heterocycles. The zero-order valence-electron chi connectivity index (χ0n) is 16.0. The molecule has 1 saturated carbocycles. The van der Waals surface area contributed by atoms with E-state index < -0.39 is 5.97 Å².